The molecule has 1 aliphatic rings. The van der Waals surface area contributed by atoms with E-state index in [2.05, 4.69) is 5.32 Å². The Morgan fingerprint density at radius 3 is 2.32 bits per heavy atom. The second kappa shape index (κ2) is 4.68. The zero-order valence-electron chi connectivity index (χ0n) is 10.2. The Labute approximate surface area is 109 Å². The van der Waals surface area contributed by atoms with Crippen molar-refractivity contribution in [2.45, 2.75) is 0 Å². The Hall–Kier alpha value is -2.43. The first-order chi connectivity index (χ1) is 9.22. The molecule has 5 heteroatoms. The van der Waals surface area contributed by atoms with Crippen LogP contribution in [0.4, 0.5) is 21.5 Å². The standard InChI is InChI=1S/C14H13FN2O2/c15-9-1-3-10(4-2-9)17-12-8-14-13(7-11(12)16)18-5-6-19-14/h1-4,7-8,17H,5-6,16H2. The van der Waals surface area contributed by atoms with Gasteiger partial charge in [-0.2, -0.15) is 0 Å². The fraction of sp³-hybridized carbons (Fsp3) is 0.143. The minimum Gasteiger partial charge on any atom is -0.486 e. The molecule has 2 aromatic rings. The highest BCUT2D eigenvalue weighted by Crippen LogP contribution is 2.37. The molecular weight excluding hydrogens is 247 g/mol. The van der Waals surface area contributed by atoms with Crippen molar-refractivity contribution in [3.8, 4) is 11.5 Å². The molecule has 4 nitrogen and oxygen atoms in total. The fourth-order valence-electron chi connectivity index (χ4n) is 1.90. The lowest BCUT2D eigenvalue weighted by molar-refractivity contribution is 0.172. The minimum atomic E-state index is -0.277. The summed E-state index contributed by atoms with van der Waals surface area (Å²) in [7, 11) is 0. The number of fused-ring (bicyclic) bond motifs is 1. The molecule has 0 saturated carbocycles. The van der Waals surface area contributed by atoms with E-state index in [-0.39, 0.29) is 5.82 Å². The Morgan fingerprint density at radius 2 is 1.63 bits per heavy atom. The van der Waals surface area contributed by atoms with Crippen LogP contribution < -0.4 is 20.5 Å². The SMILES string of the molecule is Nc1cc2c(cc1Nc1ccc(F)cc1)OCCO2. The molecule has 0 radical (unpaired) electrons. The molecule has 1 heterocycles. The van der Waals surface area contributed by atoms with Crippen molar-refractivity contribution in [3.05, 3.63) is 42.2 Å². The van der Waals surface area contributed by atoms with Gasteiger partial charge in [-0.1, -0.05) is 0 Å². The molecule has 0 saturated heterocycles. The Kier molecular flexibility index (Phi) is 2.87. The maximum absolute atomic E-state index is 12.8. The Balaban J connectivity index is 1.90. The van der Waals surface area contributed by atoms with Crippen molar-refractivity contribution in [2.75, 3.05) is 24.3 Å². The number of hydrogen-bond donors (Lipinski definition) is 2. The van der Waals surface area contributed by atoms with Gasteiger partial charge in [-0.25, -0.2) is 4.39 Å². The Morgan fingerprint density at radius 1 is 1.00 bits per heavy atom. The lowest BCUT2D eigenvalue weighted by atomic mass is 10.2. The van der Waals surface area contributed by atoms with Crippen molar-refractivity contribution in [3.63, 3.8) is 0 Å². The molecule has 2 aromatic carbocycles. The first-order valence-corrected chi connectivity index (χ1v) is 5.94. The van der Waals surface area contributed by atoms with Crippen LogP contribution in [0.3, 0.4) is 0 Å². The number of ether oxygens (including phenoxy) is 2. The van der Waals surface area contributed by atoms with Crippen molar-refractivity contribution in [1.29, 1.82) is 0 Å². The molecule has 0 atom stereocenters. The maximum atomic E-state index is 12.8. The summed E-state index contributed by atoms with van der Waals surface area (Å²) in [5.74, 6) is 1.03. The van der Waals surface area contributed by atoms with Gasteiger partial charge in [0, 0.05) is 17.8 Å². The summed E-state index contributed by atoms with van der Waals surface area (Å²) in [4.78, 5) is 0. The molecule has 0 aromatic heterocycles. The van der Waals surface area contributed by atoms with E-state index in [0.717, 1.165) is 5.69 Å². The number of halogens is 1. The van der Waals surface area contributed by atoms with Gasteiger partial charge in [-0.15, -0.1) is 0 Å². The monoisotopic (exact) mass is 260 g/mol. The first kappa shape index (κ1) is 11.6. The van der Waals surface area contributed by atoms with E-state index < -0.39 is 0 Å². The number of nitrogen functional groups attached to an aromatic ring is 1. The van der Waals surface area contributed by atoms with Gasteiger partial charge in [0.25, 0.3) is 0 Å². The third-order valence-electron chi connectivity index (χ3n) is 2.84. The molecule has 0 bridgehead atoms. The third-order valence-corrected chi connectivity index (χ3v) is 2.84. The normalized spacial score (nSPS) is 13.1. The largest absolute Gasteiger partial charge is 0.486 e. The van der Waals surface area contributed by atoms with Crippen LogP contribution >= 0.6 is 0 Å². The van der Waals surface area contributed by atoms with Gasteiger partial charge in [0.05, 0.1) is 11.4 Å². The number of rotatable bonds is 2. The van der Waals surface area contributed by atoms with Crippen molar-refractivity contribution in [2.24, 2.45) is 0 Å². The molecule has 0 aliphatic carbocycles. The quantitative estimate of drug-likeness (QED) is 0.815. The van der Waals surface area contributed by atoms with Gasteiger partial charge >= 0.3 is 0 Å². The van der Waals surface area contributed by atoms with Crippen LogP contribution in [-0.4, -0.2) is 13.2 Å². The van der Waals surface area contributed by atoms with E-state index in [0.29, 0.717) is 36.1 Å². The average molecular weight is 260 g/mol. The van der Waals surface area contributed by atoms with E-state index >= 15 is 0 Å². The zero-order chi connectivity index (χ0) is 13.2. The summed E-state index contributed by atoms with van der Waals surface area (Å²) in [6, 6.07) is 9.57. The number of hydrogen-bond acceptors (Lipinski definition) is 4. The molecular formula is C14H13FN2O2. The van der Waals surface area contributed by atoms with Gasteiger partial charge in [0.1, 0.15) is 19.0 Å². The highest BCUT2D eigenvalue weighted by atomic mass is 19.1. The first-order valence-electron chi connectivity index (χ1n) is 5.94. The minimum absolute atomic E-state index is 0.277. The lowest BCUT2D eigenvalue weighted by Gasteiger charge is -2.20. The lowest BCUT2D eigenvalue weighted by Crippen LogP contribution is -2.15. The molecule has 0 amide bonds. The van der Waals surface area contributed by atoms with Gasteiger partial charge in [-0.3, -0.25) is 0 Å². The second-order valence-corrected chi connectivity index (χ2v) is 4.22. The van der Waals surface area contributed by atoms with Gasteiger partial charge < -0.3 is 20.5 Å². The van der Waals surface area contributed by atoms with Crippen LogP contribution in [0.1, 0.15) is 0 Å². The van der Waals surface area contributed by atoms with Crippen molar-refractivity contribution < 1.29 is 13.9 Å². The van der Waals surface area contributed by atoms with Crippen LogP contribution in [0.25, 0.3) is 0 Å². The maximum Gasteiger partial charge on any atom is 0.163 e. The number of anilines is 3. The van der Waals surface area contributed by atoms with Crippen LogP contribution in [0.5, 0.6) is 11.5 Å². The molecule has 1 aliphatic heterocycles. The number of nitrogens with one attached hydrogen (secondary N) is 1. The van der Waals surface area contributed by atoms with E-state index in [1.807, 2.05) is 0 Å². The fourth-order valence-corrected chi connectivity index (χ4v) is 1.90. The zero-order valence-corrected chi connectivity index (χ0v) is 10.2. The molecule has 0 unspecified atom stereocenters. The molecule has 0 fully saturated rings. The summed E-state index contributed by atoms with van der Waals surface area (Å²) in [5.41, 5.74) is 7.96. The van der Waals surface area contributed by atoms with Crippen LogP contribution in [0, 0.1) is 5.82 Å². The predicted octanol–water partition coefficient (Wildman–Crippen LogP) is 2.92. The van der Waals surface area contributed by atoms with Crippen LogP contribution in [0.15, 0.2) is 36.4 Å². The second-order valence-electron chi connectivity index (χ2n) is 4.22. The molecule has 0 spiro atoms. The van der Waals surface area contributed by atoms with Crippen LogP contribution in [0.2, 0.25) is 0 Å². The topological polar surface area (TPSA) is 56.5 Å². The summed E-state index contributed by atoms with van der Waals surface area (Å²) in [6.45, 7) is 1.05. The van der Waals surface area contributed by atoms with E-state index in [1.54, 1.807) is 24.3 Å². The molecule has 3 rings (SSSR count). The Bertz CT molecular complexity index is 599. The van der Waals surface area contributed by atoms with E-state index in [4.69, 9.17) is 15.2 Å². The predicted molar refractivity (Wildman–Crippen MR) is 71.5 cm³/mol. The highest BCUT2D eigenvalue weighted by Gasteiger charge is 2.14. The summed E-state index contributed by atoms with van der Waals surface area (Å²) in [5, 5.41) is 3.12. The van der Waals surface area contributed by atoms with Crippen molar-refractivity contribution in [1.82, 2.24) is 0 Å². The average Bonchev–Trinajstić information content (AvgIpc) is 2.42. The smallest absolute Gasteiger partial charge is 0.163 e. The number of benzene rings is 2. The molecule has 19 heavy (non-hydrogen) atoms. The highest BCUT2D eigenvalue weighted by molar-refractivity contribution is 5.76. The van der Waals surface area contributed by atoms with Gasteiger partial charge in [0.2, 0.25) is 0 Å². The van der Waals surface area contributed by atoms with E-state index in [1.165, 1.54) is 12.1 Å². The van der Waals surface area contributed by atoms with Crippen LogP contribution in [-0.2, 0) is 0 Å². The molecule has 3 N–H and O–H groups in total. The van der Waals surface area contributed by atoms with E-state index in [9.17, 15) is 4.39 Å². The van der Waals surface area contributed by atoms with Gasteiger partial charge in [0.15, 0.2) is 11.5 Å². The third kappa shape index (κ3) is 2.40. The summed E-state index contributed by atoms with van der Waals surface area (Å²) >= 11 is 0. The molecule has 98 valence electrons. The van der Waals surface area contributed by atoms with Crippen molar-refractivity contribution >= 4 is 17.1 Å². The summed E-state index contributed by atoms with van der Waals surface area (Å²) < 4.78 is 23.8. The number of nitrogens with two attached hydrogens (primary N) is 1. The summed E-state index contributed by atoms with van der Waals surface area (Å²) in [6.07, 6.45) is 0. The van der Waals surface area contributed by atoms with Gasteiger partial charge in [-0.05, 0) is 24.3 Å².